The van der Waals surface area contributed by atoms with Crippen LogP contribution in [0.2, 0.25) is 0 Å². The van der Waals surface area contributed by atoms with Crippen LogP contribution in [0.3, 0.4) is 0 Å². The first-order valence-electron chi connectivity index (χ1n) is 5.20. The third-order valence-corrected chi connectivity index (χ3v) is 3.49. The zero-order chi connectivity index (χ0) is 10.3. The highest BCUT2D eigenvalue weighted by atomic mass is 19.1. The van der Waals surface area contributed by atoms with Crippen molar-refractivity contribution in [2.75, 3.05) is 13.1 Å². The van der Waals surface area contributed by atoms with Crippen molar-refractivity contribution in [1.29, 1.82) is 0 Å². The van der Waals surface area contributed by atoms with Crippen molar-refractivity contribution in [3.05, 3.63) is 0 Å². The molecule has 2 fully saturated rings. The molecule has 4 unspecified atom stereocenters. The number of rotatable bonds is 2. The van der Waals surface area contributed by atoms with Gasteiger partial charge in [-0.3, -0.25) is 4.79 Å². The van der Waals surface area contributed by atoms with Crippen molar-refractivity contribution in [2.24, 2.45) is 11.3 Å². The predicted molar refractivity (Wildman–Crippen MR) is 51.6 cm³/mol. The molecule has 3 nitrogen and oxygen atoms in total. The number of nitrogens with one attached hydrogen (secondary N) is 2. The van der Waals surface area contributed by atoms with E-state index in [1.165, 1.54) is 0 Å². The molecule has 0 aromatic rings. The van der Waals surface area contributed by atoms with E-state index in [1.807, 2.05) is 0 Å². The third-order valence-electron chi connectivity index (χ3n) is 3.49. The van der Waals surface area contributed by atoms with Gasteiger partial charge in [0.1, 0.15) is 6.17 Å². The fourth-order valence-electron chi connectivity index (χ4n) is 1.88. The molecule has 1 aliphatic heterocycles. The van der Waals surface area contributed by atoms with E-state index in [9.17, 15) is 9.18 Å². The molecular formula is C10H17FN2O. The Labute approximate surface area is 83.4 Å². The Morgan fingerprint density at radius 1 is 1.57 bits per heavy atom. The van der Waals surface area contributed by atoms with E-state index in [2.05, 4.69) is 17.6 Å². The summed E-state index contributed by atoms with van der Waals surface area (Å²) in [6.45, 7) is 5.52. The molecule has 0 spiro atoms. The molecular weight excluding hydrogens is 183 g/mol. The summed E-state index contributed by atoms with van der Waals surface area (Å²) in [6.07, 6.45) is -0.556. The zero-order valence-electron chi connectivity index (χ0n) is 8.64. The van der Waals surface area contributed by atoms with Crippen LogP contribution in [0, 0.1) is 11.3 Å². The number of hydrogen-bond acceptors (Lipinski definition) is 2. The zero-order valence-corrected chi connectivity index (χ0v) is 8.64. The molecule has 4 atom stereocenters. The Kier molecular flexibility index (Phi) is 2.26. The van der Waals surface area contributed by atoms with Gasteiger partial charge < -0.3 is 10.6 Å². The van der Waals surface area contributed by atoms with Crippen molar-refractivity contribution in [2.45, 2.75) is 32.5 Å². The summed E-state index contributed by atoms with van der Waals surface area (Å²) in [7, 11) is 0. The summed E-state index contributed by atoms with van der Waals surface area (Å²) in [6, 6.07) is 0.173. The van der Waals surface area contributed by atoms with E-state index in [1.54, 1.807) is 6.92 Å². The number of halogens is 1. The number of carbonyl (C=O) groups is 1. The lowest BCUT2D eigenvalue weighted by Gasteiger charge is -2.18. The van der Waals surface area contributed by atoms with Gasteiger partial charge in [0.25, 0.3) is 0 Å². The highest BCUT2D eigenvalue weighted by molar-refractivity contribution is 5.86. The van der Waals surface area contributed by atoms with E-state index in [-0.39, 0.29) is 11.9 Å². The Hall–Kier alpha value is -0.640. The molecule has 0 aromatic heterocycles. The van der Waals surface area contributed by atoms with Gasteiger partial charge in [0.05, 0.1) is 5.41 Å². The maximum atomic E-state index is 12.9. The molecule has 1 saturated carbocycles. The quantitative estimate of drug-likeness (QED) is 0.680. The van der Waals surface area contributed by atoms with Gasteiger partial charge >= 0.3 is 0 Å². The van der Waals surface area contributed by atoms with Crippen LogP contribution in [0.15, 0.2) is 0 Å². The highest BCUT2D eigenvalue weighted by Gasteiger charge is 2.57. The van der Waals surface area contributed by atoms with Gasteiger partial charge in [0.15, 0.2) is 0 Å². The van der Waals surface area contributed by atoms with Crippen LogP contribution in [0.25, 0.3) is 0 Å². The van der Waals surface area contributed by atoms with Crippen molar-refractivity contribution in [3.8, 4) is 0 Å². The molecule has 2 aliphatic rings. The topological polar surface area (TPSA) is 41.1 Å². The summed E-state index contributed by atoms with van der Waals surface area (Å²) < 4.78 is 12.9. The first-order chi connectivity index (χ1) is 6.54. The van der Waals surface area contributed by atoms with Crippen LogP contribution >= 0.6 is 0 Å². The number of alkyl halides is 1. The van der Waals surface area contributed by atoms with Crippen LogP contribution < -0.4 is 10.6 Å². The van der Waals surface area contributed by atoms with E-state index >= 15 is 0 Å². The first-order valence-corrected chi connectivity index (χ1v) is 5.20. The SMILES string of the molecule is CC1CNCC1NC(=O)C1(C)CC1F. The third kappa shape index (κ3) is 1.52. The average Bonchev–Trinajstić information content (AvgIpc) is 2.55. The average molecular weight is 200 g/mol. The van der Waals surface area contributed by atoms with Gasteiger partial charge in [-0.05, 0) is 25.8 Å². The number of hydrogen-bond donors (Lipinski definition) is 2. The summed E-state index contributed by atoms with van der Waals surface area (Å²) in [4.78, 5) is 11.7. The van der Waals surface area contributed by atoms with Crippen LogP contribution in [0.1, 0.15) is 20.3 Å². The monoisotopic (exact) mass is 200 g/mol. The fraction of sp³-hybridized carbons (Fsp3) is 0.900. The standard InChI is InChI=1S/C10H17FN2O/c1-6-4-12-5-7(6)13-9(14)10(2)3-8(10)11/h6-8,12H,3-5H2,1-2H3,(H,13,14). The van der Waals surface area contributed by atoms with Gasteiger partial charge in [0, 0.05) is 12.6 Å². The Morgan fingerprint density at radius 2 is 2.21 bits per heavy atom. The van der Waals surface area contributed by atoms with Crippen LogP contribution in [-0.2, 0) is 4.79 Å². The lowest BCUT2D eigenvalue weighted by atomic mass is 10.0. The summed E-state index contributed by atoms with van der Waals surface area (Å²) in [5.41, 5.74) is -0.734. The van der Waals surface area contributed by atoms with Gasteiger partial charge in [-0.25, -0.2) is 4.39 Å². The van der Waals surface area contributed by atoms with Gasteiger partial charge in [-0.1, -0.05) is 6.92 Å². The van der Waals surface area contributed by atoms with Gasteiger partial charge in [0.2, 0.25) is 5.91 Å². The van der Waals surface area contributed by atoms with Crippen molar-refractivity contribution < 1.29 is 9.18 Å². The molecule has 1 amide bonds. The largest absolute Gasteiger partial charge is 0.351 e. The number of amides is 1. The van der Waals surface area contributed by atoms with E-state index < -0.39 is 11.6 Å². The Bertz CT molecular complexity index is 259. The van der Waals surface area contributed by atoms with E-state index in [0.29, 0.717) is 12.3 Å². The van der Waals surface area contributed by atoms with Crippen LogP contribution in [0.5, 0.6) is 0 Å². The Balaban J connectivity index is 1.89. The van der Waals surface area contributed by atoms with Crippen molar-refractivity contribution >= 4 is 5.91 Å². The van der Waals surface area contributed by atoms with Gasteiger partial charge in [-0.2, -0.15) is 0 Å². The summed E-state index contributed by atoms with van der Waals surface area (Å²) in [5.74, 6) is 0.324. The molecule has 0 bridgehead atoms. The minimum absolute atomic E-state index is 0.120. The van der Waals surface area contributed by atoms with E-state index in [0.717, 1.165) is 13.1 Å². The second-order valence-electron chi connectivity index (χ2n) is 4.80. The normalized spacial score (nSPS) is 46.4. The maximum absolute atomic E-state index is 12.9. The molecule has 1 aliphatic carbocycles. The van der Waals surface area contributed by atoms with Crippen LogP contribution in [0.4, 0.5) is 4.39 Å². The lowest BCUT2D eigenvalue weighted by molar-refractivity contribution is -0.127. The molecule has 4 heteroatoms. The molecule has 0 aromatic carbocycles. The first kappa shape index (κ1) is 9.90. The number of carbonyl (C=O) groups excluding carboxylic acids is 1. The highest BCUT2D eigenvalue weighted by Crippen LogP contribution is 2.48. The molecule has 1 heterocycles. The molecule has 80 valence electrons. The fourth-order valence-corrected chi connectivity index (χ4v) is 1.88. The van der Waals surface area contributed by atoms with Crippen molar-refractivity contribution in [3.63, 3.8) is 0 Å². The van der Waals surface area contributed by atoms with E-state index in [4.69, 9.17) is 0 Å². The predicted octanol–water partition coefficient (Wildman–Crippen LogP) is 0.459. The second kappa shape index (κ2) is 3.19. The minimum Gasteiger partial charge on any atom is -0.351 e. The smallest absolute Gasteiger partial charge is 0.229 e. The maximum Gasteiger partial charge on any atom is 0.229 e. The Morgan fingerprint density at radius 3 is 2.64 bits per heavy atom. The molecule has 0 radical (unpaired) electrons. The summed E-state index contributed by atoms with van der Waals surface area (Å²) in [5, 5.41) is 6.12. The molecule has 2 N–H and O–H groups in total. The molecule has 14 heavy (non-hydrogen) atoms. The molecule has 2 rings (SSSR count). The molecule has 1 saturated heterocycles. The second-order valence-corrected chi connectivity index (χ2v) is 4.80. The van der Waals surface area contributed by atoms with Gasteiger partial charge in [-0.15, -0.1) is 0 Å². The lowest BCUT2D eigenvalue weighted by Crippen LogP contribution is -2.43. The van der Waals surface area contributed by atoms with Crippen molar-refractivity contribution in [1.82, 2.24) is 10.6 Å². The summed E-state index contributed by atoms with van der Waals surface area (Å²) >= 11 is 0. The minimum atomic E-state index is -0.938. The van der Waals surface area contributed by atoms with Crippen LogP contribution in [-0.4, -0.2) is 31.2 Å².